The molecule has 1 aromatic heterocycles. The van der Waals surface area contributed by atoms with Gasteiger partial charge >= 0.3 is 0 Å². The molecule has 138 valence electrons. The second kappa shape index (κ2) is 6.81. The van der Waals surface area contributed by atoms with E-state index in [4.69, 9.17) is 20.4 Å². The minimum Gasteiger partial charge on any atom is -0.399 e. The van der Waals surface area contributed by atoms with Crippen molar-refractivity contribution in [1.29, 1.82) is 0 Å². The molecule has 1 fully saturated rings. The Morgan fingerprint density at radius 3 is 2.88 bits per heavy atom. The van der Waals surface area contributed by atoms with E-state index in [0.29, 0.717) is 30.3 Å². The fraction of sp³-hybridized carbons (Fsp3) is 0.474. The van der Waals surface area contributed by atoms with Crippen molar-refractivity contribution in [2.75, 3.05) is 44.0 Å². The average molecular weight is 357 g/mol. The van der Waals surface area contributed by atoms with E-state index < -0.39 is 5.82 Å². The van der Waals surface area contributed by atoms with Gasteiger partial charge in [0.25, 0.3) is 0 Å². The number of ether oxygens (including phenoxy) is 1. The van der Waals surface area contributed by atoms with Crippen LogP contribution in [0, 0.1) is 5.82 Å². The second-order valence-electron chi connectivity index (χ2n) is 7.14. The summed E-state index contributed by atoms with van der Waals surface area (Å²) in [6.45, 7) is 5.97. The number of aromatic nitrogens is 2. The van der Waals surface area contributed by atoms with Gasteiger partial charge in [-0.25, -0.2) is 14.4 Å². The number of likely N-dealkylation sites (N-methyl/N-ethyl adjacent to an activating group) is 1. The van der Waals surface area contributed by atoms with E-state index in [1.54, 1.807) is 12.1 Å². The summed E-state index contributed by atoms with van der Waals surface area (Å²) in [4.78, 5) is 14.0. The van der Waals surface area contributed by atoms with Crippen molar-refractivity contribution in [3.8, 4) is 11.4 Å². The number of nitrogens with two attached hydrogens (primary N) is 1. The largest absolute Gasteiger partial charge is 0.399 e. The Kier molecular flexibility index (Phi) is 4.50. The highest BCUT2D eigenvalue weighted by molar-refractivity contribution is 5.64. The molecule has 26 heavy (non-hydrogen) atoms. The van der Waals surface area contributed by atoms with E-state index in [1.165, 1.54) is 11.6 Å². The third kappa shape index (κ3) is 3.12. The van der Waals surface area contributed by atoms with E-state index in [-0.39, 0.29) is 6.04 Å². The van der Waals surface area contributed by atoms with Gasteiger partial charge in [-0.3, -0.25) is 0 Å². The van der Waals surface area contributed by atoms with Crippen LogP contribution in [0.3, 0.4) is 0 Å². The van der Waals surface area contributed by atoms with Crippen molar-refractivity contribution >= 4 is 11.5 Å². The molecule has 6 nitrogen and oxygen atoms in total. The number of hydrogen-bond acceptors (Lipinski definition) is 6. The molecular weight excluding hydrogens is 333 g/mol. The van der Waals surface area contributed by atoms with Crippen LogP contribution in [-0.4, -0.2) is 54.3 Å². The standard InChI is InChI=1S/C19H24FN5O/c1-12-11-26-8-7-25(12)19-15-5-6-24(2)10-17(15)22-18(23-19)14-4-3-13(21)9-16(14)20/h3-4,9,12H,5-8,10-11,21H2,1-2H3. The van der Waals surface area contributed by atoms with Crippen molar-refractivity contribution in [1.82, 2.24) is 14.9 Å². The highest BCUT2D eigenvalue weighted by Crippen LogP contribution is 2.32. The smallest absolute Gasteiger partial charge is 0.164 e. The number of benzene rings is 1. The lowest BCUT2D eigenvalue weighted by Crippen LogP contribution is -2.45. The van der Waals surface area contributed by atoms with Crippen molar-refractivity contribution in [2.45, 2.75) is 25.9 Å². The van der Waals surface area contributed by atoms with Crippen LogP contribution in [0.25, 0.3) is 11.4 Å². The molecule has 0 amide bonds. The van der Waals surface area contributed by atoms with Crippen LogP contribution in [0.15, 0.2) is 18.2 Å². The molecule has 1 aromatic carbocycles. The van der Waals surface area contributed by atoms with Crippen molar-refractivity contribution in [2.24, 2.45) is 0 Å². The van der Waals surface area contributed by atoms with Crippen LogP contribution in [0.5, 0.6) is 0 Å². The van der Waals surface area contributed by atoms with Crippen molar-refractivity contribution in [3.05, 3.63) is 35.3 Å². The van der Waals surface area contributed by atoms with E-state index in [1.807, 2.05) is 0 Å². The number of fused-ring (bicyclic) bond motifs is 1. The third-order valence-electron chi connectivity index (χ3n) is 5.11. The van der Waals surface area contributed by atoms with Crippen LogP contribution in [0.2, 0.25) is 0 Å². The van der Waals surface area contributed by atoms with Crippen LogP contribution in [-0.2, 0) is 17.7 Å². The molecule has 7 heteroatoms. The lowest BCUT2D eigenvalue weighted by molar-refractivity contribution is 0.0983. The molecule has 2 N–H and O–H groups in total. The fourth-order valence-corrected chi connectivity index (χ4v) is 3.65. The topological polar surface area (TPSA) is 67.5 Å². The summed E-state index contributed by atoms with van der Waals surface area (Å²) in [6, 6.07) is 4.89. The van der Waals surface area contributed by atoms with E-state index >= 15 is 0 Å². The maximum absolute atomic E-state index is 14.5. The molecule has 1 unspecified atom stereocenters. The number of halogens is 1. The number of rotatable bonds is 2. The number of hydrogen-bond donors (Lipinski definition) is 1. The lowest BCUT2D eigenvalue weighted by atomic mass is 10.0. The summed E-state index contributed by atoms with van der Waals surface area (Å²) in [5.41, 5.74) is 8.63. The molecule has 4 rings (SSSR count). The Balaban J connectivity index is 1.85. The SMILES string of the molecule is CC1COCCN1c1nc(-c2ccc(N)cc2F)nc2c1CCN(C)C2. The van der Waals surface area contributed by atoms with Gasteiger partial charge in [-0.1, -0.05) is 0 Å². The normalized spacial score (nSPS) is 20.9. The van der Waals surface area contributed by atoms with Gasteiger partial charge in [-0.05, 0) is 38.6 Å². The van der Waals surface area contributed by atoms with Gasteiger partial charge in [-0.2, -0.15) is 0 Å². The lowest BCUT2D eigenvalue weighted by Gasteiger charge is -2.37. The maximum Gasteiger partial charge on any atom is 0.164 e. The Bertz CT molecular complexity index is 828. The molecule has 3 heterocycles. The Morgan fingerprint density at radius 1 is 1.27 bits per heavy atom. The first-order valence-electron chi connectivity index (χ1n) is 9.01. The summed E-state index contributed by atoms with van der Waals surface area (Å²) < 4.78 is 20.1. The van der Waals surface area contributed by atoms with E-state index in [9.17, 15) is 4.39 Å². The van der Waals surface area contributed by atoms with Crippen LogP contribution in [0.4, 0.5) is 15.9 Å². The average Bonchev–Trinajstić information content (AvgIpc) is 2.61. The molecule has 2 aliphatic rings. The maximum atomic E-state index is 14.5. The zero-order chi connectivity index (χ0) is 18.3. The van der Waals surface area contributed by atoms with Crippen molar-refractivity contribution < 1.29 is 9.13 Å². The minimum absolute atomic E-state index is 0.228. The van der Waals surface area contributed by atoms with E-state index in [0.717, 1.165) is 37.6 Å². The highest BCUT2D eigenvalue weighted by atomic mass is 19.1. The zero-order valence-corrected chi connectivity index (χ0v) is 15.2. The molecule has 0 bridgehead atoms. The van der Waals surface area contributed by atoms with Crippen LogP contribution in [0.1, 0.15) is 18.2 Å². The number of nitrogens with zero attached hydrogens (tertiary/aromatic N) is 4. The summed E-state index contributed by atoms with van der Waals surface area (Å²) in [7, 11) is 2.07. The molecule has 1 atom stereocenters. The predicted molar refractivity (Wildman–Crippen MR) is 99.5 cm³/mol. The van der Waals surface area contributed by atoms with Gasteiger partial charge in [0.15, 0.2) is 5.82 Å². The summed E-state index contributed by atoms with van der Waals surface area (Å²) in [6.07, 6.45) is 0.899. The summed E-state index contributed by atoms with van der Waals surface area (Å²) >= 11 is 0. The third-order valence-corrected chi connectivity index (χ3v) is 5.11. The molecule has 2 aliphatic heterocycles. The van der Waals surface area contributed by atoms with Gasteiger partial charge in [0.2, 0.25) is 0 Å². The van der Waals surface area contributed by atoms with Gasteiger partial charge in [0.05, 0.1) is 30.5 Å². The van der Waals surface area contributed by atoms with Gasteiger partial charge in [0.1, 0.15) is 11.6 Å². The number of nitrogen functional groups attached to an aromatic ring is 1. The zero-order valence-electron chi connectivity index (χ0n) is 15.2. The number of anilines is 2. The van der Waals surface area contributed by atoms with Gasteiger partial charge in [0, 0.05) is 30.9 Å². The first-order valence-corrected chi connectivity index (χ1v) is 9.01. The first-order chi connectivity index (χ1) is 12.5. The minimum atomic E-state index is -0.393. The quantitative estimate of drug-likeness (QED) is 0.830. The summed E-state index contributed by atoms with van der Waals surface area (Å²) in [5, 5.41) is 0. The predicted octanol–water partition coefficient (Wildman–Crippen LogP) is 2.08. The fourth-order valence-electron chi connectivity index (χ4n) is 3.65. The van der Waals surface area contributed by atoms with Crippen molar-refractivity contribution in [3.63, 3.8) is 0 Å². The molecule has 1 saturated heterocycles. The Hall–Kier alpha value is -2.25. The molecule has 0 saturated carbocycles. The highest BCUT2D eigenvalue weighted by Gasteiger charge is 2.28. The Morgan fingerprint density at radius 2 is 2.12 bits per heavy atom. The van der Waals surface area contributed by atoms with E-state index in [2.05, 4.69) is 23.8 Å². The molecular formula is C19H24FN5O. The second-order valence-corrected chi connectivity index (χ2v) is 7.14. The summed E-state index contributed by atoms with van der Waals surface area (Å²) in [5.74, 6) is 0.949. The molecule has 2 aromatic rings. The van der Waals surface area contributed by atoms with Crippen LogP contribution < -0.4 is 10.6 Å². The first kappa shape index (κ1) is 17.2. The molecule has 0 aliphatic carbocycles. The Labute approximate surface area is 152 Å². The van der Waals surface area contributed by atoms with Gasteiger partial charge < -0.3 is 20.3 Å². The number of morpholine rings is 1. The van der Waals surface area contributed by atoms with Gasteiger partial charge in [-0.15, -0.1) is 0 Å². The molecule has 0 spiro atoms. The van der Waals surface area contributed by atoms with Crippen LogP contribution >= 0.6 is 0 Å². The molecule has 0 radical (unpaired) electrons. The monoisotopic (exact) mass is 357 g/mol.